The average molecular weight is 574 g/mol. The van der Waals surface area contributed by atoms with E-state index in [-0.39, 0.29) is 23.9 Å². The lowest BCUT2D eigenvalue weighted by Gasteiger charge is -2.39. The van der Waals surface area contributed by atoms with Crippen LogP contribution in [0.2, 0.25) is 0 Å². The molecule has 0 bridgehead atoms. The minimum absolute atomic E-state index is 0.0555. The quantitative estimate of drug-likeness (QED) is 0.240. The Morgan fingerprint density at radius 1 is 1.00 bits per heavy atom. The van der Waals surface area contributed by atoms with Gasteiger partial charge in [-0.3, -0.25) is 9.59 Å². The molecule has 224 valence electrons. The summed E-state index contributed by atoms with van der Waals surface area (Å²) in [6.45, 7) is 15.6. The molecular weight excluding hydrogens is 522 g/mol. The van der Waals surface area contributed by atoms with Crippen molar-refractivity contribution in [3.8, 4) is 12.3 Å². The van der Waals surface area contributed by atoms with Crippen LogP contribution in [-0.4, -0.2) is 58.5 Å². The Morgan fingerprint density at radius 3 is 2.12 bits per heavy atom. The summed E-state index contributed by atoms with van der Waals surface area (Å²) in [6, 6.07) is 5.15. The Bertz CT molecular complexity index is 981. The van der Waals surface area contributed by atoms with Gasteiger partial charge in [-0.2, -0.15) is 11.8 Å². The second-order valence-electron chi connectivity index (χ2n) is 11.9. The molecule has 1 aromatic carbocycles. The SMILES string of the molecule is C#Cc1ccc(C(C(=O)NC(C)CCC)N(C(=O)C(CCSC)NC(=O)OC(C)(C)C)C(C)CCC(C)C)cc1. The van der Waals surface area contributed by atoms with Crippen molar-refractivity contribution in [1.29, 1.82) is 0 Å². The molecule has 0 aliphatic carbocycles. The maximum Gasteiger partial charge on any atom is 0.408 e. The molecule has 0 saturated carbocycles. The van der Waals surface area contributed by atoms with Gasteiger partial charge in [0.15, 0.2) is 0 Å². The van der Waals surface area contributed by atoms with E-state index in [1.165, 1.54) is 0 Å². The molecule has 0 saturated heterocycles. The van der Waals surface area contributed by atoms with Crippen molar-refractivity contribution in [3.05, 3.63) is 35.4 Å². The molecule has 1 aromatic rings. The molecule has 3 amide bonds. The summed E-state index contributed by atoms with van der Waals surface area (Å²) in [6.07, 6.45) is 10.6. The van der Waals surface area contributed by atoms with Gasteiger partial charge in [-0.1, -0.05) is 45.2 Å². The van der Waals surface area contributed by atoms with Gasteiger partial charge < -0.3 is 20.3 Å². The van der Waals surface area contributed by atoms with Gasteiger partial charge in [-0.25, -0.2) is 4.79 Å². The summed E-state index contributed by atoms with van der Waals surface area (Å²) in [7, 11) is 0. The van der Waals surface area contributed by atoms with Crippen LogP contribution in [0.3, 0.4) is 0 Å². The predicted octanol–water partition coefficient (Wildman–Crippen LogP) is 6.31. The Balaban J connectivity index is 3.64. The van der Waals surface area contributed by atoms with Crippen LogP contribution in [0.25, 0.3) is 0 Å². The zero-order valence-electron chi connectivity index (χ0n) is 26.0. The first-order valence-corrected chi connectivity index (χ1v) is 15.8. The van der Waals surface area contributed by atoms with Gasteiger partial charge in [0.25, 0.3) is 0 Å². The first-order valence-electron chi connectivity index (χ1n) is 14.4. The van der Waals surface area contributed by atoms with Gasteiger partial charge in [0.05, 0.1) is 0 Å². The number of amides is 3. The molecule has 1 rings (SSSR count). The van der Waals surface area contributed by atoms with Crippen LogP contribution >= 0.6 is 11.8 Å². The van der Waals surface area contributed by atoms with Crippen LogP contribution in [-0.2, 0) is 14.3 Å². The summed E-state index contributed by atoms with van der Waals surface area (Å²) in [5.41, 5.74) is 0.654. The number of alkyl carbamates (subject to hydrolysis) is 1. The van der Waals surface area contributed by atoms with Gasteiger partial charge in [0.2, 0.25) is 11.8 Å². The van der Waals surface area contributed by atoms with Gasteiger partial charge in [0, 0.05) is 17.6 Å². The lowest BCUT2D eigenvalue weighted by atomic mass is 9.96. The van der Waals surface area contributed by atoms with E-state index in [9.17, 15) is 14.4 Å². The van der Waals surface area contributed by atoms with Crippen molar-refractivity contribution in [3.63, 3.8) is 0 Å². The molecule has 0 heterocycles. The average Bonchev–Trinajstić information content (AvgIpc) is 2.86. The number of carbonyl (C=O) groups is 3. The molecule has 2 N–H and O–H groups in total. The highest BCUT2D eigenvalue weighted by molar-refractivity contribution is 7.98. The van der Waals surface area contributed by atoms with Crippen molar-refractivity contribution >= 4 is 29.7 Å². The minimum atomic E-state index is -0.891. The molecule has 8 heteroatoms. The molecule has 0 radical (unpaired) electrons. The first kappa shape index (κ1) is 35.4. The molecule has 4 unspecified atom stereocenters. The fraction of sp³-hybridized carbons (Fsp3) is 0.656. The molecule has 0 aromatic heterocycles. The van der Waals surface area contributed by atoms with Gasteiger partial charge in [0.1, 0.15) is 17.7 Å². The molecule has 40 heavy (non-hydrogen) atoms. The zero-order valence-corrected chi connectivity index (χ0v) is 26.8. The molecule has 0 fully saturated rings. The third kappa shape index (κ3) is 12.2. The van der Waals surface area contributed by atoms with E-state index in [2.05, 4.69) is 37.3 Å². The number of rotatable bonds is 15. The van der Waals surface area contributed by atoms with Crippen LogP contribution in [0.1, 0.15) is 105 Å². The first-order chi connectivity index (χ1) is 18.7. The zero-order chi connectivity index (χ0) is 30.5. The lowest BCUT2D eigenvalue weighted by molar-refractivity contribution is -0.145. The number of hydrogen-bond donors (Lipinski definition) is 2. The Labute approximate surface area is 246 Å². The molecular formula is C32H51N3O4S. The molecule has 4 atom stereocenters. The number of ether oxygens (including phenoxy) is 1. The summed E-state index contributed by atoms with van der Waals surface area (Å²) in [4.78, 5) is 42.8. The second kappa shape index (κ2) is 17.2. The van der Waals surface area contributed by atoms with Crippen LogP contribution in [0.5, 0.6) is 0 Å². The molecule has 0 spiro atoms. The lowest BCUT2D eigenvalue weighted by Crippen LogP contribution is -2.56. The Hall–Kier alpha value is -2.66. The number of terminal acetylenes is 1. The van der Waals surface area contributed by atoms with E-state index in [4.69, 9.17) is 11.2 Å². The second-order valence-corrected chi connectivity index (χ2v) is 12.9. The smallest absolute Gasteiger partial charge is 0.408 e. The number of nitrogens with zero attached hydrogens (tertiary/aromatic N) is 1. The van der Waals surface area contributed by atoms with Gasteiger partial charge in [-0.05, 0) is 95.9 Å². The Kier molecular flexibility index (Phi) is 15.2. The summed E-state index contributed by atoms with van der Waals surface area (Å²) in [5.74, 6) is 3.14. The maximum atomic E-state index is 14.4. The topological polar surface area (TPSA) is 87.7 Å². The van der Waals surface area contributed by atoms with E-state index in [0.29, 0.717) is 35.6 Å². The fourth-order valence-electron chi connectivity index (χ4n) is 4.46. The van der Waals surface area contributed by atoms with E-state index in [1.54, 1.807) is 49.6 Å². The van der Waals surface area contributed by atoms with Crippen LogP contribution in [0.4, 0.5) is 4.79 Å². The fourth-order valence-corrected chi connectivity index (χ4v) is 4.93. The molecule has 7 nitrogen and oxygen atoms in total. The maximum absolute atomic E-state index is 14.4. The Morgan fingerprint density at radius 2 is 1.62 bits per heavy atom. The minimum Gasteiger partial charge on any atom is -0.444 e. The predicted molar refractivity (Wildman–Crippen MR) is 166 cm³/mol. The molecule has 0 aliphatic heterocycles. The summed E-state index contributed by atoms with van der Waals surface area (Å²) in [5, 5.41) is 5.94. The van der Waals surface area contributed by atoms with Crippen LogP contribution in [0.15, 0.2) is 24.3 Å². The van der Waals surface area contributed by atoms with Crippen molar-refractivity contribution < 1.29 is 19.1 Å². The number of hydrogen-bond acceptors (Lipinski definition) is 5. The highest BCUT2D eigenvalue weighted by Gasteiger charge is 2.39. The highest BCUT2D eigenvalue weighted by atomic mass is 32.2. The molecule has 0 aliphatic rings. The van der Waals surface area contributed by atoms with E-state index in [1.807, 2.05) is 32.2 Å². The van der Waals surface area contributed by atoms with E-state index < -0.39 is 23.8 Å². The normalized spacial score (nSPS) is 14.4. The standard InChI is InChI=1S/C32H51N3O4S/c1-11-13-23(5)33-29(36)28(26-18-16-25(12-2)17-19-26)35(24(6)15-14-22(3)4)30(37)27(20-21-40-10)34-31(38)39-32(7,8)9/h2,16-19,22-24,27-28H,11,13-15,20-21H2,1,3-10H3,(H,33,36)(H,34,38). The van der Waals surface area contributed by atoms with Crippen LogP contribution < -0.4 is 10.6 Å². The van der Waals surface area contributed by atoms with Crippen molar-refractivity contribution in [2.75, 3.05) is 12.0 Å². The highest BCUT2D eigenvalue weighted by Crippen LogP contribution is 2.29. The summed E-state index contributed by atoms with van der Waals surface area (Å²) < 4.78 is 5.49. The van der Waals surface area contributed by atoms with Crippen molar-refractivity contribution in [2.45, 2.75) is 117 Å². The third-order valence-electron chi connectivity index (χ3n) is 6.52. The van der Waals surface area contributed by atoms with Gasteiger partial charge in [-0.15, -0.1) is 6.42 Å². The largest absolute Gasteiger partial charge is 0.444 e. The number of nitrogens with one attached hydrogen (secondary N) is 2. The number of benzene rings is 1. The van der Waals surface area contributed by atoms with Crippen molar-refractivity contribution in [2.24, 2.45) is 5.92 Å². The summed E-state index contributed by atoms with van der Waals surface area (Å²) >= 11 is 1.59. The van der Waals surface area contributed by atoms with Crippen molar-refractivity contribution in [1.82, 2.24) is 15.5 Å². The third-order valence-corrected chi connectivity index (χ3v) is 7.16. The number of thioether (sulfide) groups is 1. The monoisotopic (exact) mass is 573 g/mol. The number of carbonyl (C=O) groups excluding carboxylic acids is 3. The van der Waals surface area contributed by atoms with Crippen LogP contribution in [0, 0.1) is 18.3 Å². The van der Waals surface area contributed by atoms with E-state index in [0.717, 1.165) is 19.3 Å². The van der Waals surface area contributed by atoms with E-state index >= 15 is 0 Å². The van der Waals surface area contributed by atoms with Gasteiger partial charge >= 0.3 is 6.09 Å².